The van der Waals surface area contributed by atoms with Crippen molar-refractivity contribution in [3.8, 4) is 0 Å². The number of benzene rings is 1. The van der Waals surface area contributed by atoms with Crippen LogP contribution in [-0.2, 0) is 6.42 Å². The van der Waals surface area contributed by atoms with Crippen LogP contribution in [0.1, 0.15) is 25.3 Å². The Labute approximate surface area is 91.4 Å². The maximum atomic E-state index is 3.73. The molecular formula is C13H18S. The van der Waals surface area contributed by atoms with E-state index in [1.807, 2.05) is 17.8 Å². The highest BCUT2D eigenvalue weighted by molar-refractivity contribution is 7.99. The van der Waals surface area contributed by atoms with E-state index in [0.717, 1.165) is 12.8 Å². The van der Waals surface area contributed by atoms with Crippen molar-refractivity contribution < 1.29 is 0 Å². The van der Waals surface area contributed by atoms with Crippen molar-refractivity contribution in [3.63, 3.8) is 0 Å². The lowest BCUT2D eigenvalue weighted by molar-refractivity contribution is 1.00. The lowest BCUT2D eigenvalue weighted by atomic mass is 10.1. The Morgan fingerprint density at radius 3 is 2.57 bits per heavy atom. The average molecular weight is 206 g/mol. The maximum absolute atomic E-state index is 3.73. The second-order valence-corrected chi connectivity index (χ2v) is 4.49. The first kappa shape index (κ1) is 11.4. The molecule has 0 heterocycles. The summed E-state index contributed by atoms with van der Waals surface area (Å²) in [5.41, 5.74) is 1.41. The molecule has 0 saturated carbocycles. The van der Waals surface area contributed by atoms with Gasteiger partial charge >= 0.3 is 0 Å². The van der Waals surface area contributed by atoms with Crippen LogP contribution in [-0.4, -0.2) is 5.75 Å². The highest BCUT2D eigenvalue weighted by Crippen LogP contribution is 2.19. The molecule has 0 aliphatic heterocycles. The van der Waals surface area contributed by atoms with E-state index in [1.54, 1.807) is 0 Å². The van der Waals surface area contributed by atoms with Gasteiger partial charge in [0.2, 0.25) is 0 Å². The Hall–Kier alpha value is -0.690. The zero-order chi connectivity index (χ0) is 10.2. The number of hydrogen-bond donors (Lipinski definition) is 0. The average Bonchev–Trinajstić information content (AvgIpc) is 2.25. The highest BCUT2D eigenvalue weighted by atomic mass is 32.2. The summed E-state index contributed by atoms with van der Waals surface area (Å²) in [5, 5.41) is 0. The van der Waals surface area contributed by atoms with Gasteiger partial charge in [0.1, 0.15) is 0 Å². The van der Waals surface area contributed by atoms with Crippen LogP contribution in [0.25, 0.3) is 0 Å². The van der Waals surface area contributed by atoms with Gasteiger partial charge in [-0.2, -0.15) is 0 Å². The number of aryl methyl sites for hydroxylation is 1. The third-order valence-electron chi connectivity index (χ3n) is 2.03. The van der Waals surface area contributed by atoms with Gasteiger partial charge in [0, 0.05) is 4.90 Å². The van der Waals surface area contributed by atoms with Crippen LogP contribution < -0.4 is 0 Å². The van der Waals surface area contributed by atoms with E-state index in [2.05, 4.69) is 37.8 Å². The van der Waals surface area contributed by atoms with E-state index in [4.69, 9.17) is 0 Å². The van der Waals surface area contributed by atoms with E-state index < -0.39 is 0 Å². The van der Waals surface area contributed by atoms with E-state index >= 15 is 0 Å². The van der Waals surface area contributed by atoms with Gasteiger partial charge in [0.05, 0.1) is 0 Å². The fourth-order valence-corrected chi connectivity index (χ4v) is 2.01. The minimum Gasteiger partial charge on any atom is -0.126 e. The maximum Gasteiger partial charge on any atom is 0.00721 e. The third kappa shape index (κ3) is 4.01. The van der Waals surface area contributed by atoms with Gasteiger partial charge in [-0.25, -0.2) is 0 Å². The Morgan fingerprint density at radius 1 is 1.29 bits per heavy atom. The van der Waals surface area contributed by atoms with Gasteiger partial charge in [0.15, 0.2) is 0 Å². The number of thioether (sulfide) groups is 1. The second-order valence-electron chi connectivity index (χ2n) is 3.32. The van der Waals surface area contributed by atoms with E-state index in [-0.39, 0.29) is 0 Å². The quantitative estimate of drug-likeness (QED) is 0.494. The molecule has 1 heteroatoms. The number of allylic oxidation sites excluding steroid dienone is 1. The van der Waals surface area contributed by atoms with Crippen molar-refractivity contribution >= 4 is 11.8 Å². The molecule has 1 aromatic carbocycles. The molecule has 0 unspecified atom stereocenters. The molecule has 0 amide bonds. The summed E-state index contributed by atoms with van der Waals surface area (Å²) in [5.74, 6) is 1.21. The molecule has 76 valence electrons. The lowest BCUT2D eigenvalue weighted by Crippen LogP contribution is -1.83. The first-order valence-corrected chi connectivity index (χ1v) is 6.18. The second kappa shape index (κ2) is 6.72. The smallest absolute Gasteiger partial charge is 0.00721 e. The first-order chi connectivity index (χ1) is 6.86. The van der Waals surface area contributed by atoms with Crippen LogP contribution in [0.15, 0.2) is 41.8 Å². The molecule has 0 aromatic heterocycles. The molecule has 0 bridgehead atoms. The molecule has 0 fully saturated rings. The van der Waals surface area contributed by atoms with Crippen LogP contribution in [0.3, 0.4) is 0 Å². The van der Waals surface area contributed by atoms with Crippen molar-refractivity contribution in [2.45, 2.75) is 31.1 Å². The van der Waals surface area contributed by atoms with E-state index in [9.17, 15) is 0 Å². The zero-order valence-corrected chi connectivity index (χ0v) is 9.65. The molecule has 0 saturated heterocycles. The van der Waals surface area contributed by atoms with Crippen LogP contribution in [0, 0.1) is 0 Å². The van der Waals surface area contributed by atoms with Crippen LogP contribution in [0.2, 0.25) is 0 Å². The normalized spacial score (nSPS) is 10.1. The third-order valence-corrected chi connectivity index (χ3v) is 3.25. The van der Waals surface area contributed by atoms with Gasteiger partial charge in [-0.1, -0.05) is 25.1 Å². The minimum absolute atomic E-state index is 1.07. The van der Waals surface area contributed by atoms with Crippen LogP contribution in [0.5, 0.6) is 0 Å². The molecule has 14 heavy (non-hydrogen) atoms. The largest absolute Gasteiger partial charge is 0.126 e. The predicted octanol–water partition coefficient (Wildman–Crippen LogP) is 4.31. The topological polar surface area (TPSA) is 0 Å². The number of hydrogen-bond acceptors (Lipinski definition) is 1. The summed E-state index contributed by atoms with van der Waals surface area (Å²) in [6.07, 6.45) is 5.40. The lowest BCUT2D eigenvalue weighted by Gasteiger charge is -2.02. The summed E-state index contributed by atoms with van der Waals surface area (Å²) in [6.45, 7) is 5.94. The molecule has 0 spiro atoms. The molecular weight excluding hydrogens is 188 g/mol. The Kier molecular flexibility index (Phi) is 5.46. The summed E-state index contributed by atoms with van der Waals surface area (Å²) >= 11 is 1.93. The summed E-state index contributed by atoms with van der Waals surface area (Å²) in [7, 11) is 0. The van der Waals surface area contributed by atoms with Gasteiger partial charge < -0.3 is 0 Å². The summed E-state index contributed by atoms with van der Waals surface area (Å²) in [4.78, 5) is 1.38. The fraction of sp³-hybridized carbons (Fsp3) is 0.385. The van der Waals surface area contributed by atoms with E-state index in [1.165, 1.54) is 22.6 Å². The fourth-order valence-electron chi connectivity index (χ4n) is 1.24. The van der Waals surface area contributed by atoms with Gasteiger partial charge in [-0.3, -0.25) is 0 Å². The molecule has 1 aromatic rings. The molecule has 0 aliphatic carbocycles. The highest BCUT2D eigenvalue weighted by Gasteiger charge is 1.94. The molecule has 0 nitrogen and oxygen atoms in total. The Bertz CT molecular complexity index is 261. The molecule has 1 rings (SSSR count). The van der Waals surface area contributed by atoms with Crippen molar-refractivity contribution in [1.29, 1.82) is 0 Å². The first-order valence-electron chi connectivity index (χ1n) is 5.19. The van der Waals surface area contributed by atoms with Gasteiger partial charge in [0.25, 0.3) is 0 Å². The molecule has 0 aliphatic rings. The van der Waals surface area contributed by atoms with Crippen molar-refractivity contribution in [1.82, 2.24) is 0 Å². The van der Waals surface area contributed by atoms with Crippen molar-refractivity contribution in [2.24, 2.45) is 0 Å². The monoisotopic (exact) mass is 206 g/mol. The van der Waals surface area contributed by atoms with Gasteiger partial charge in [-0.15, -0.1) is 18.3 Å². The van der Waals surface area contributed by atoms with Crippen molar-refractivity contribution in [3.05, 3.63) is 42.5 Å². The minimum atomic E-state index is 1.07. The SMILES string of the molecule is C=CCCc1ccc(SCCC)cc1. The van der Waals surface area contributed by atoms with Gasteiger partial charge in [-0.05, 0) is 42.7 Å². The molecule has 0 N–H and O–H groups in total. The van der Waals surface area contributed by atoms with Crippen LogP contribution in [0.4, 0.5) is 0 Å². The predicted molar refractivity (Wildman–Crippen MR) is 66.0 cm³/mol. The summed E-state index contributed by atoms with van der Waals surface area (Å²) < 4.78 is 0. The Balaban J connectivity index is 2.46. The Morgan fingerprint density at radius 2 is 2.00 bits per heavy atom. The summed E-state index contributed by atoms with van der Waals surface area (Å²) in [6, 6.07) is 8.89. The zero-order valence-electron chi connectivity index (χ0n) is 8.83. The van der Waals surface area contributed by atoms with E-state index in [0.29, 0.717) is 0 Å². The standard InChI is InChI=1S/C13H18S/c1-3-5-6-12-7-9-13(10-8-12)14-11-4-2/h3,7-10H,1,4-6,11H2,2H3. The van der Waals surface area contributed by atoms with Crippen molar-refractivity contribution in [2.75, 3.05) is 5.75 Å². The van der Waals surface area contributed by atoms with Crippen LogP contribution >= 0.6 is 11.8 Å². The number of rotatable bonds is 6. The molecule has 0 atom stereocenters. The molecule has 0 radical (unpaired) electrons.